The van der Waals surface area contributed by atoms with Gasteiger partial charge in [0.25, 0.3) is 0 Å². The average Bonchev–Trinajstić information content (AvgIpc) is 3.68. The van der Waals surface area contributed by atoms with Gasteiger partial charge in [0.05, 0.1) is 15.9 Å². The Hall–Kier alpha value is -7.20. The van der Waals surface area contributed by atoms with E-state index in [0.717, 1.165) is 54.7 Å². The van der Waals surface area contributed by atoms with Crippen LogP contribution in [0.2, 0.25) is 0 Å². The summed E-state index contributed by atoms with van der Waals surface area (Å²) in [4.78, 5) is 10.8. The molecule has 11 aromatic rings. The Morgan fingerprint density at radius 2 is 0.789 bits per heavy atom. The van der Waals surface area contributed by atoms with Crippen molar-refractivity contribution in [1.29, 1.82) is 0 Å². The highest BCUT2D eigenvalue weighted by Crippen LogP contribution is 2.42. The molecule has 0 saturated heterocycles. The van der Waals surface area contributed by atoms with Gasteiger partial charge >= 0.3 is 0 Å². The first-order valence-corrected chi connectivity index (χ1v) is 20.1. The lowest BCUT2D eigenvalue weighted by atomic mass is 9.90. The van der Waals surface area contributed by atoms with Crippen LogP contribution in [0, 0.1) is 0 Å². The summed E-state index contributed by atoms with van der Waals surface area (Å²) < 4.78 is 2.31. The van der Waals surface area contributed by atoms with Crippen molar-refractivity contribution >= 4 is 53.2 Å². The molecule has 266 valence electrons. The van der Waals surface area contributed by atoms with Crippen molar-refractivity contribution in [3.8, 4) is 67.2 Å². The lowest BCUT2D eigenvalue weighted by Crippen LogP contribution is -1.95. The van der Waals surface area contributed by atoms with Crippen molar-refractivity contribution in [1.82, 2.24) is 9.97 Å². The number of thiophene rings is 1. The fourth-order valence-corrected chi connectivity index (χ4v) is 9.34. The summed E-state index contributed by atoms with van der Waals surface area (Å²) in [6.07, 6.45) is 0. The van der Waals surface area contributed by atoms with Gasteiger partial charge in [0, 0.05) is 21.2 Å². The van der Waals surface area contributed by atoms with Crippen molar-refractivity contribution in [3.05, 3.63) is 206 Å². The molecule has 11 rings (SSSR count). The van der Waals surface area contributed by atoms with E-state index < -0.39 is 0 Å². The minimum Gasteiger partial charge on any atom is -0.226 e. The van der Waals surface area contributed by atoms with Crippen molar-refractivity contribution in [3.63, 3.8) is 0 Å². The number of hydrogen-bond donors (Lipinski definition) is 0. The molecule has 0 atom stereocenters. The van der Waals surface area contributed by atoms with E-state index in [-0.39, 0.29) is 0 Å². The number of hydrogen-bond acceptors (Lipinski definition) is 3. The number of aromatic nitrogens is 2. The topological polar surface area (TPSA) is 25.8 Å². The maximum Gasteiger partial charge on any atom is 0.160 e. The average molecular weight is 743 g/mol. The van der Waals surface area contributed by atoms with Crippen LogP contribution in [-0.4, -0.2) is 9.97 Å². The monoisotopic (exact) mass is 742 g/mol. The molecule has 0 saturated carbocycles. The summed E-state index contributed by atoms with van der Waals surface area (Å²) in [5.74, 6) is 0.710. The largest absolute Gasteiger partial charge is 0.226 e. The first-order valence-electron chi connectivity index (χ1n) is 19.3. The van der Waals surface area contributed by atoms with Crippen molar-refractivity contribution in [2.24, 2.45) is 0 Å². The minimum absolute atomic E-state index is 0.710. The first kappa shape index (κ1) is 33.2. The summed E-state index contributed by atoms with van der Waals surface area (Å²) in [5.41, 5.74) is 13.2. The lowest BCUT2D eigenvalue weighted by molar-refractivity contribution is 1.24. The predicted octanol–water partition coefficient (Wildman–Crippen LogP) is 15.2. The molecule has 0 radical (unpaired) electrons. The maximum absolute atomic E-state index is 5.42. The van der Waals surface area contributed by atoms with Gasteiger partial charge in [0.1, 0.15) is 0 Å². The van der Waals surface area contributed by atoms with Crippen LogP contribution in [0.15, 0.2) is 206 Å². The van der Waals surface area contributed by atoms with Crippen molar-refractivity contribution in [2.45, 2.75) is 0 Å². The molecule has 0 bridgehead atoms. The molecule has 0 unspecified atom stereocenters. The summed E-state index contributed by atoms with van der Waals surface area (Å²) >= 11 is 1.76. The van der Waals surface area contributed by atoms with Gasteiger partial charge in [0.15, 0.2) is 5.82 Å². The van der Waals surface area contributed by atoms with Gasteiger partial charge < -0.3 is 0 Å². The van der Waals surface area contributed by atoms with Crippen LogP contribution in [0.4, 0.5) is 0 Å². The molecule has 0 spiro atoms. The highest BCUT2D eigenvalue weighted by Gasteiger charge is 2.18. The summed E-state index contributed by atoms with van der Waals surface area (Å²) in [7, 11) is 0. The van der Waals surface area contributed by atoms with Gasteiger partial charge in [0.2, 0.25) is 0 Å². The van der Waals surface area contributed by atoms with E-state index in [1.54, 1.807) is 11.3 Å². The zero-order valence-corrected chi connectivity index (χ0v) is 31.7. The van der Waals surface area contributed by atoms with Crippen LogP contribution in [0.25, 0.3) is 109 Å². The molecule has 0 amide bonds. The predicted molar refractivity (Wildman–Crippen MR) is 243 cm³/mol. The Balaban J connectivity index is 1.18. The standard InChI is InChI=1S/C54H34N2S/c1-4-14-35(15-5-1)41-29-42(36-16-6-2-7-17-36)31-44(30-41)45-32-43(39-26-27-48-40(28-39)25-24-37-18-10-11-21-47(37)48)33-46(34-45)54-55-51(38-19-8-3-9-20-38)53-52(56-54)49-22-12-13-23-50(49)57-53/h1-34H. The van der Waals surface area contributed by atoms with Crippen molar-refractivity contribution < 1.29 is 0 Å². The molecule has 57 heavy (non-hydrogen) atoms. The summed E-state index contributed by atoms with van der Waals surface area (Å²) in [6, 6.07) is 74.2. The van der Waals surface area contributed by atoms with Gasteiger partial charge in [-0.2, -0.15) is 0 Å². The fraction of sp³-hybridized carbons (Fsp3) is 0. The summed E-state index contributed by atoms with van der Waals surface area (Å²) in [6.45, 7) is 0. The molecule has 0 N–H and O–H groups in total. The number of nitrogens with zero attached hydrogens (tertiary/aromatic N) is 2. The van der Waals surface area contributed by atoms with Crippen LogP contribution in [-0.2, 0) is 0 Å². The Bertz CT molecular complexity index is 3220. The fourth-order valence-electron chi connectivity index (χ4n) is 8.18. The maximum atomic E-state index is 5.42. The Morgan fingerprint density at radius 1 is 0.298 bits per heavy atom. The Morgan fingerprint density at radius 3 is 1.46 bits per heavy atom. The van der Waals surface area contributed by atoms with Crippen LogP contribution in [0.5, 0.6) is 0 Å². The smallest absolute Gasteiger partial charge is 0.160 e. The van der Waals surface area contributed by atoms with E-state index in [9.17, 15) is 0 Å². The number of fused-ring (bicyclic) bond motifs is 6. The molecular formula is C54H34N2S. The number of benzene rings is 9. The van der Waals surface area contributed by atoms with Gasteiger partial charge in [-0.1, -0.05) is 158 Å². The highest BCUT2D eigenvalue weighted by atomic mass is 32.1. The Labute approximate surface area is 335 Å². The zero-order chi connectivity index (χ0) is 37.7. The van der Waals surface area contributed by atoms with Crippen LogP contribution in [0.1, 0.15) is 0 Å². The van der Waals surface area contributed by atoms with Crippen LogP contribution < -0.4 is 0 Å². The SMILES string of the molecule is c1ccc(-c2cc(-c3ccccc3)cc(-c3cc(-c4ccc5c(ccc6ccccc65)c4)cc(-c4nc(-c5ccccc5)c5sc6ccccc6c5n4)c3)c2)cc1. The molecule has 0 fully saturated rings. The third-order valence-electron chi connectivity index (χ3n) is 11.0. The molecule has 0 aliphatic heterocycles. The molecule has 9 aromatic carbocycles. The van der Waals surface area contributed by atoms with E-state index in [2.05, 4.69) is 206 Å². The third-order valence-corrected chi connectivity index (χ3v) is 12.2. The van der Waals surface area contributed by atoms with Crippen molar-refractivity contribution in [2.75, 3.05) is 0 Å². The second kappa shape index (κ2) is 13.8. The Kier molecular flexibility index (Phi) is 8.04. The highest BCUT2D eigenvalue weighted by molar-refractivity contribution is 7.26. The van der Waals surface area contributed by atoms with Gasteiger partial charge in [-0.3, -0.25) is 0 Å². The molecule has 2 heterocycles. The second-order valence-corrected chi connectivity index (χ2v) is 15.6. The molecular weight excluding hydrogens is 709 g/mol. The van der Waals surface area contributed by atoms with Gasteiger partial charge in [-0.05, 0) is 115 Å². The first-order chi connectivity index (χ1) is 28.2. The molecule has 2 aromatic heterocycles. The third kappa shape index (κ3) is 6.06. The van der Waals surface area contributed by atoms with Gasteiger partial charge in [-0.25, -0.2) is 9.97 Å². The molecule has 0 aliphatic rings. The molecule has 3 heteroatoms. The van der Waals surface area contributed by atoms with Gasteiger partial charge in [-0.15, -0.1) is 11.3 Å². The second-order valence-electron chi connectivity index (χ2n) is 14.6. The molecule has 0 aliphatic carbocycles. The zero-order valence-electron chi connectivity index (χ0n) is 30.9. The lowest BCUT2D eigenvalue weighted by Gasteiger charge is -2.15. The van der Waals surface area contributed by atoms with E-state index in [1.165, 1.54) is 48.5 Å². The quantitative estimate of drug-likeness (QED) is 0.159. The molecule has 2 nitrogen and oxygen atoms in total. The van der Waals surface area contributed by atoms with E-state index in [0.29, 0.717) is 5.82 Å². The van der Waals surface area contributed by atoms with Crippen LogP contribution >= 0.6 is 11.3 Å². The van der Waals surface area contributed by atoms with E-state index in [1.807, 2.05) is 0 Å². The number of rotatable bonds is 6. The van der Waals surface area contributed by atoms with Crippen LogP contribution in [0.3, 0.4) is 0 Å². The van der Waals surface area contributed by atoms with E-state index in [4.69, 9.17) is 9.97 Å². The normalized spacial score (nSPS) is 11.5. The summed E-state index contributed by atoms with van der Waals surface area (Å²) in [5, 5.41) is 6.13. The van der Waals surface area contributed by atoms with E-state index >= 15 is 0 Å². The minimum atomic E-state index is 0.710.